The normalized spacial score (nSPS) is 11.5. The van der Waals surface area contributed by atoms with E-state index in [1.54, 1.807) is 6.08 Å². The van der Waals surface area contributed by atoms with Gasteiger partial charge in [0.2, 0.25) is 0 Å². The fourth-order valence-electron chi connectivity index (χ4n) is 2.96. The highest BCUT2D eigenvalue weighted by molar-refractivity contribution is 9.10. The Morgan fingerprint density at radius 2 is 2.00 bits per heavy atom. The second-order valence-corrected chi connectivity index (χ2v) is 8.50. The first-order chi connectivity index (χ1) is 14.6. The molecule has 0 bridgehead atoms. The molecule has 4 rings (SSSR count). The van der Waals surface area contributed by atoms with E-state index in [-0.39, 0.29) is 0 Å². The van der Waals surface area contributed by atoms with E-state index in [9.17, 15) is 5.26 Å². The Morgan fingerprint density at radius 1 is 1.20 bits per heavy atom. The van der Waals surface area contributed by atoms with E-state index in [2.05, 4.69) is 32.0 Å². The van der Waals surface area contributed by atoms with Gasteiger partial charge in [-0.1, -0.05) is 27.5 Å². The van der Waals surface area contributed by atoms with E-state index < -0.39 is 0 Å². The van der Waals surface area contributed by atoms with Gasteiger partial charge >= 0.3 is 0 Å². The van der Waals surface area contributed by atoms with Crippen molar-refractivity contribution in [3.63, 3.8) is 0 Å². The Balaban J connectivity index is 1.68. The number of hydrogen-bond acceptors (Lipinski definition) is 5. The van der Waals surface area contributed by atoms with E-state index >= 15 is 0 Å². The number of rotatable bonds is 5. The van der Waals surface area contributed by atoms with Crippen LogP contribution in [0.5, 0.6) is 5.75 Å². The molecule has 2 aromatic heterocycles. The van der Waals surface area contributed by atoms with Crippen LogP contribution < -0.4 is 4.74 Å². The third kappa shape index (κ3) is 4.39. The quantitative estimate of drug-likeness (QED) is 0.216. The maximum Gasteiger partial charge on any atom is 0.137 e. The highest BCUT2D eigenvalue weighted by atomic mass is 79.9. The standard InChI is InChI=1S/C23H15BrClN3OS/c1-2-29-19-6-3-14(4-7-19)21-13-30-23(28-21)17(12-26)10-16-9-15-11-18(24)5-8-20(15)27-22(16)25/h3-11,13H,2H2,1H3/b17-10+. The molecule has 0 radical (unpaired) electrons. The fraction of sp³-hybridized carbons (Fsp3) is 0.0870. The predicted octanol–water partition coefficient (Wildman–Crippen LogP) is 7.24. The van der Waals surface area contributed by atoms with Gasteiger partial charge in [-0.25, -0.2) is 9.97 Å². The second kappa shape index (κ2) is 8.97. The lowest BCUT2D eigenvalue weighted by Gasteiger charge is -2.04. The molecule has 0 fully saturated rings. The molecule has 0 spiro atoms. The van der Waals surface area contributed by atoms with Crippen LogP contribution in [-0.4, -0.2) is 16.6 Å². The minimum absolute atomic E-state index is 0.348. The first kappa shape index (κ1) is 20.5. The van der Waals surface area contributed by atoms with Crippen LogP contribution in [0, 0.1) is 11.3 Å². The lowest BCUT2D eigenvalue weighted by atomic mass is 10.1. The van der Waals surface area contributed by atoms with Gasteiger partial charge < -0.3 is 4.74 Å². The minimum atomic E-state index is 0.348. The number of thiazole rings is 1. The van der Waals surface area contributed by atoms with Crippen molar-refractivity contribution < 1.29 is 4.74 Å². The zero-order chi connectivity index (χ0) is 21.1. The SMILES string of the molecule is CCOc1ccc(-c2csc(/C(C#N)=C/c3cc4cc(Br)ccc4nc3Cl)n2)cc1. The molecule has 30 heavy (non-hydrogen) atoms. The van der Waals surface area contributed by atoms with Crippen molar-refractivity contribution in [1.82, 2.24) is 9.97 Å². The predicted molar refractivity (Wildman–Crippen MR) is 127 cm³/mol. The molecule has 2 aromatic carbocycles. The minimum Gasteiger partial charge on any atom is -0.494 e. The molecular formula is C23H15BrClN3OS. The summed E-state index contributed by atoms with van der Waals surface area (Å²) in [7, 11) is 0. The molecule has 0 amide bonds. The average Bonchev–Trinajstić information content (AvgIpc) is 3.23. The Hall–Kier alpha value is -2.72. The molecule has 4 aromatic rings. The van der Waals surface area contributed by atoms with Crippen LogP contribution >= 0.6 is 38.9 Å². The Kier molecular flexibility index (Phi) is 6.14. The van der Waals surface area contributed by atoms with Crippen molar-refractivity contribution in [1.29, 1.82) is 5.26 Å². The lowest BCUT2D eigenvalue weighted by Crippen LogP contribution is -1.90. The van der Waals surface area contributed by atoms with Crippen molar-refractivity contribution in [3.8, 4) is 23.1 Å². The molecule has 7 heteroatoms. The number of allylic oxidation sites excluding steroid dienone is 1. The van der Waals surface area contributed by atoms with Crippen LogP contribution in [0.4, 0.5) is 0 Å². The third-order valence-corrected chi connectivity index (χ3v) is 6.04. The van der Waals surface area contributed by atoms with Gasteiger partial charge in [-0.15, -0.1) is 11.3 Å². The molecule has 2 heterocycles. The molecule has 0 saturated carbocycles. The molecule has 0 aliphatic carbocycles. The smallest absolute Gasteiger partial charge is 0.137 e. The molecular weight excluding hydrogens is 482 g/mol. The summed E-state index contributed by atoms with van der Waals surface area (Å²) in [5, 5.41) is 13.6. The molecule has 0 aliphatic heterocycles. The summed E-state index contributed by atoms with van der Waals surface area (Å²) in [6, 6.07) is 17.7. The topological polar surface area (TPSA) is 58.8 Å². The first-order valence-electron chi connectivity index (χ1n) is 9.14. The maximum atomic E-state index is 9.73. The number of benzene rings is 2. The third-order valence-electron chi connectivity index (χ3n) is 4.37. The molecule has 0 aliphatic rings. The Bertz CT molecular complexity index is 1290. The van der Waals surface area contributed by atoms with Crippen LogP contribution in [-0.2, 0) is 0 Å². The number of hydrogen-bond donors (Lipinski definition) is 0. The van der Waals surface area contributed by atoms with Crippen molar-refractivity contribution in [2.45, 2.75) is 6.92 Å². The van der Waals surface area contributed by atoms with Crippen LogP contribution in [0.2, 0.25) is 5.15 Å². The number of ether oxygens (including phenoxy) is 1. The van der Waals surface area contributed by atoms with Gasteiger partial charge in [0.15, 0.2) is 0 Å². The maximum absolute atomic E-state index is 9.73. The van der Waals surface area contributed by atoms with Crippen molar-refractivity contribution in [2.24, 2.45) is 0 Å². The average molecular weight is 497 g/mol. The van der Waals surface area contributed by atoms with Gasteiger partial charge in [-0.2, -0.15) is 5.26 Å². The van der Waals surface area contributed by atoms with E-state index in [0.29, 0.717) is 27.9 Å². The van der Waals surface area contributed by atoms with E-state index in [1.165, 1.54) is 11.3 Å². The van der Waals surface area contributed by atoms with Gasteiger partial charge in [0.1, 0.15) is 22.0 Å². The number of aromatic nitrogens is 2. The number of nitriles is 1. The van der Waals surface area contributed by atoms with E-state index in [0.717, 1.165) is 32.4 Å². The zero-order valence-electron chi connectivity index (χ0n) is 15.9. The summed E-state index contributed by atoms with van der Waals surface area (Å²) < 4.78 is 6.43. The van der Waals surface area contributed by atoms with Gasteiger partial charge in [0.05, 0.1) is 23.4 Å². The zero-order valence-corrected chi connectivity index (χ0v) is 19.1. The Morgan fingerprint density at radius 3 is 2.73 bits per heavy atom. The number of pyridine rings is 1. The highest BCUT2D eigenvalue weighted by Crippen LogP contribution is 2.30. The number of halogens is 2. The van der Waals surface area contributed by atoms with Gasteiger partial charge in [0.25, 0.3) is 0 Å². The molecule has 0 N–H and O–H groups in total. The van der Waals surface area contributed by atoms with Crippen LogP contribution in [0.3, 0.4) is 0 Å². The van der Waals surface area contributed by atoms with Gasteiger partial charge in [-0.3, -0.25) is 0 Å². The summed E-state index contributed by atoms with van der Waals surface area (Å²) in [5.74, 6) is 0.819. The molecule has 0 saturated heterocycles. The van der Waals surface area contributed by atoms with Crippen molar-refractivity contribution in [3.05, 3.63) is 74.1 Å². The van der Waals surface area contributed by atoms with Crippen LogP contribution in [0.25, 0.3) is 33.8 Å². The monoisotopic (exact) mass is 495 g/mol. The van der Waals surface area contributed by atoms with Gasteiger partial charge in [-0.05, 0) is 61.5 Å². The molecule has 4 nitrogen and oxygen atoms in total. The second-order valence-electron chi connectivity index (χ2n) is 6.37. The molecule has 0 unspecified atom stereocenters. The highest BCUT2D eigenvalue weighted by Gasteiger charge is 2.11. The summed E-state index contributed by atoms with van der Waals surface area (Å²) in [6.45, 7) is 2.58. The number of nitrogens with zero attached hydrogens (tertiary/aromatic N) is 3. The largest absolute Gasteiger partial charge is 0.494 e. The summed E-state index contributed by atoms with van der Waals surface area (Å²) in [5.41, 5.74) is 3.69. The Labute approximate surface area is 191 Å². The first-order valence-corrected chi connectivity index (χ1v) is 11.2. The van der Waals surface area contributed by atoms with Crippen molar-refractivity contribution >= 4 is 61.4 Å². The summed E-state index contributed by atoms with van der Waals surface area (Å²) >= 11 is 11.3. The van der Waals surface area contributed by atoms with Crippen LogP contribution in [0.15, 0.2) is 58.4 Å². The molecule has 0 atom stereocenters. The number of fused-ring (bicyclic) bond motifs is 1. The summed E-state index contributed by atoms with van der Waals surface area (Å²) in [4.78, 5) is 9.08. The van der Waals surface area contributed by atoms with Gasteiger partial charge in [0, 0.05) is 26.4 Å². The lowest BCUT2D eigenvalue weighted by molar-refractivity contribution is 0.340. The fourth-order valence-corrected chi connectivity index (χ4v) is 4.33. The molecule has 148 valence electrons. The van der Waals surface area contributed by atoms with Crippen LogP contribution in [0.1, 0.15) is 17.5 Å². The van der Waals surface area contributed by atoms with Crippen molar-refractivity contribution in [2.75, 3.05) is 6.61 Å². The van der Waals surface area contributed by atoms with E-state index in [1.807, 2.05) is 60.8 Å². The van der Waals surface area contributed by atoms with E-state index in [4.69, 9.17) is 16.3 Å². The summed E-state index contributed by atoms with van der Waals surface area (Å²) in [6.07, 6.45) is 1.73.